The van der Waals surface area contributed by atoms with Crippen molar-refractivity contribution in [2.75, 3.05) is 25.0 Å². The highest BCUT2D eigenvalue weighted by atomic mass is 35.5. The second-order valence-electron chi connectivity index (χ2n) is 6.37. The number of nitrogens with one attached hydrogen (secondary N) is 1. The molecule has 1 atom stereocenters. The molecule has 24 heavy (non-hydrogen) atoms. The average molecular weight is 377 g/mol. The largest absolute Gasteiger partial charge is 0.442 e. The first-order valence-corrected chi connectivity index (χ1v) is 10.3. The van der Waals surface area contributed by atoms with Gasteiger partial charge in [-0.2, -0.15) is 0 Å². The molecule has 0 radical (unpaired) electrons. The van der Waals surface area contributed by atoms with Crippen LogP contribution in [0, 0.1) is 5.41 Å². The molecule has 1 aromatic carbocycles. The Hall–Kier alpha value is -1.07. The number of hydroxylamine groups is 2. The third-order valence-corrected chi connectivity index (χ3v) is 6.33. The second-order valence-corrected chi connectivity index (χ2v) is 9.40. The van der Waals surface area contributed by atoms with Gasteiger partial charge in [-0.25, -0.2) is 5.06 Å². The summed E-state index contributed by atoms with van der Waals surface area (Å²) in [7, 11) is -2.94. The molecule has 6 nitrogen and oxygen atoms in total. The van der Waals surface area contributed by atoms with E-state index < -0.39 is 18.7 Å². The minimum Gasteiger partial charge on any atom is -0.442 e. The SMILES string of the molecule is CCP(=O)(CNCN(O)C(=O)CC(C)(C)CCl)Oc1ccccc1. The fourth-order valence-electron chi connectivity index (χ4n) is 1.84. The lowest BCUT2D eigenvalue weighted by Crippen LogP contribution is -2.39. The highest BCUT2D eigenvalue weighted by Gasteiger charge is 2.25. The Morgan fingerprint density at radius 3 is 2.54 bits per heavy atom. The molecule has 1 aromatic rings. The van der Waals surface area contributed by atoms with Gasteiger partial charge in [0.1, 0.15) is 5.75 Å². The summed E-state index contributed by atoms with van der Waals surface area (Å²) in [6.07, 6.45) is 0.524. The number of carbonyl (C=O) groups is 1. The number of halogens is 1. The fourth-order valence-corrected chi connectivity index (χ4v) is 3.30. The van der Waals surface area contributed by atoms with Crippen LogP contribution in [-0.2, 0) is 9.36 Å². The topological polar surface area (TPSA) is 78.9 Å². The zero-order chi connectivity index (χ0) is 18.2. The number of alkyl halides is 1. The molecule has 0 spiro atoms. The van der Waals surface area contributed by atoms with Crippen molar-refractivity contribution in [3.05, 3.63) is 30.3 Å². The highest BCUT2D eigenvalue weighted by molar-refractivity contribution is 7.59. The Bertz CT molecular complexity index is 568. The molecular weight excluding hydrogens is 351 g/mol. The van der Waals surface area contributed by atoms with Gasteiger partial charge in [0, 0.05) is 18.5 Å². The Morgan fingerprint density at radius 2 is 2.00 bits per heavy atom. The quantitative estimate of drug-likeness (QED) is 0.214. The van der Waals surface area contributed by atoms with Crippen molar-refractivity contribution in [3.63, 3.8) is 0 Å². The Labute approximate surface area is 148 Å². The van der Waals surface area contributed by atoms with Crippen molar-refractivity contribution >= 4 is 24.9 Å². The summed E-state index contributed by atoms with van der Waals surface area (Å²) in [5, 5.41) is 13.2. The molecule has 1 rings (SSSR count). The zero-order valence-electron chi connectivity index (χ0n) is 14.4. The molecular formula is C16H26ClN2O4P. The van der Waals surface area contributed by atoms with Crippen LogP contribution in [-0.4, -0.2) is 41.2 Å². The van der Waals surface area contributed by atoms with E-state index in [1.54, 1.807) is 31.2 Å². The van der Waals surface area contributed by atoms with E-state index >= 15 is 0 Å². The molecule has 2 N–H and O–H groups in total. The lowest BCUT2D eigenvalue weighted by atomic mass is 9.91. The summed E-state index contributed by atoms with van der Waals surface area (Å²) in [6.45, 7) is 5.34. The molecule has 136 valence electrons. The van der Waals surface area contributed by atoms with Crippen molar-refractivity contribution in [1.29, 1.82) is 0 Å². The number of carbonyl (C=O) groups excluding carboxylic acids is 1. The van der Waals surface area contributed by atoms with Crippen LogP contribution in [0.2, 0.25) is 0 Å². The van der Waals surface area contributed by atoms with E-state index in [1.165, 1.54) is 0 Å². The maximum atomic E-state index is 12.7. The van der Waals surface area contributed by atoms with E-state index in [9.17, 15) is 14.6 Å². The Kier molecular flexibility index (Phi) is 8.23. The van der Waals surface area contributed by atoms with Crippen LogP contribution in [0.4, 0.5) is 0 Å². The summed E-state index contributed by atoms with van der Waals surface area (Å²) in [4.78, 5) is 11.9. The number of hydrogen-bond donors (Lipinski definition) is 2. The van der Waals surface area contributed by atoms with Crippen molar-refractivity contribution in [2.45, 2.75) is 27.2 Å². The molecule has 8 heteroatoms. The number of benzene rings is 1. The van der Waals surface area contributed by atoms with Crippen molar-refractivity contribution in [3.8, 4) is 5.75 Å². The predicted octanol–water partition coefficient (Wildman–Crippen LogP) is 3.74. The van der Waals surface area contributed by atoms with E-state index in [0.717, 1.165) is 0 Å². The molecule has 0 aliphatic carbocycles. The van der Waals surface area contributed by atoms with Crippen LogP contribution in [0.5, 0.6) is 5.75 Å². The molecule has 0 aromatic heterocycles. The van der Waals surface area contributed by atoms with Crippen LogP contribution in [0.1, 0.15) is 27.2 Å². The summed E-state index contributed by atoms with van der Waals surface area (Å²) in [5.41, 5.74) is -0.394. The van der Waals surface area contributed by atoms with Crippen LogP contribution in [0.25, 0.3) is 0 Å². The van der Waals surface area contributed by atoms with E-state index in [4.69, 9.17) is 16.1 Å². The molecule has 0 saturated carbocycles. The van der Waals surface area contributed by atoms with Crippen molar-refractivity contribution in [2.24, 2.45) is 5.41 Å². The van der Waals surface area contributed by atoms with Crippen LogP contribution in [0.3, 0.4) is 0 Å². The van der Waals surface area contributed by atoms with Crippen molar-refractivity contribution < 1.29 is 19.1 Å². The maximum Gasteiger partial charge on any atom is 0.261 e. The number of para-hydroxylation sites is 1. The van der Waals surface area contributed by atoms with Gasteiger partial charge in [-0.15, -0.1) is 11.6 Å². The smallest absolute Gasteiger partial charge is 0.261 e. The van der Waals surface area contributed by atoms with Crippen LogP contribution in [0.15, 0.2) is 30.3 Å². The molecule has 0 aliphatic heterocycles. The van der Waals surface area contributed by atoms with Gasteiger partial charge in [0.05, 0.1) is 13.0 Å². The van der Waals surface area contributed by atoms with E-state index in [2.05, 4.69) is 5.32 Å². The Morgan fingerprint density at radius 1 is 1.38 bits per heavy atom. The molecule has 0 heterocycles. The molecule has 0 saturated heterocycles. The molecule has 0 aliphatic rings. The second kappa shape index (κ2) is 9.42. The third-order valence-electron chi connectivity index (χ3n) is 3.39. The van der Waals surface area contributed by atoms with Gasteiger partial charge in [0.25, 0.3) is 7.37 Å². The monoisotopic (exact) mass is 376 g/mol. The highest BCUT2D eigenvalue weighted by Crippen LogP contribution is 2.45. The average Bonchev–Trinajstić information content (AvgIpc) is 2.55. The first-order chi connectivity index (χ1) is 11.2. The van der Waals surface area contributed by atoms with Gasteiger partial charge in [-0.3, -0.25) is 19.9 Å². The normalized spacial score (nSPS) is 14.0. The maximum absolute atomic E-state index is 12.7. The summed E-state index contributed by atoms with van der Waals surface area (Å²) in [5.74, 6) is 0.407. The number of nitrogens with zero attached hydrogens (tertiary/aromatic N) is 1. The van der Waals surface area contributed by atoms with E-state index in [-0.39, 0.29) is 19.4 Å². The minimum atomic E-state index is -2.94. The molecule has 0 bridgehead atoms. The standard InChI is InChI=1S/C16H26ClN2O4P/c1-4-24(22,23-14-8-6-5-7-9-14)13-18-12-19(21)15(20)10-16(2,3)11-17/h5-9,18,21H,4,10-13H2,1-3H3. The van der Waals surface area contributed by atoms with Crippen LogP contribution >= 0.6 is 19.0 Å². The summed E-state index contributed by atoms with van der Waals surface area (Å²) < 4.78 is 18.3. The van der Waals surface area contributed by atoms with Gasteiger partial charge in [0.15, 0.2) is 0 Å². The van der Waals surface area contributed by atoms with Gasteiger partial charge >= 0.3 is 0 Å². The van der Waals surface area contributed by atoms with E-state index in [1.807, 2.05) is 19.9 Å². The van der Waals surface area contributed by atoms with Crippen LogP contribution < -0.4 is 9.84 Å². The van der Waals surface area contributed by atoms with Crippen molar-refractivity contribution in [1.82, 2.24) is 10.4 Å². The third kappa shape index (κ3) is 7.22. The Balaban J connectivity index is 2.48. The lowest BCUT2D eigenvalue weighted by molar-refractivity contribution is -0.168. The molecule has 1 amide bonds. The number of amides is 1. The molecule has 1 unspecified atom stereocenters. The first-order valence-electron chi connectivity index (χ1n) is 7.80. The minimum absolute atomic E-state index is 0.0572. The number of rotatable bonds is 10. The summed E-state index contributed by atoms with van der Waals surface area (Å²) >= 11 is 5.78. The lowest BCUT2D eigenvalue weighted by Gasteiger charge is -2.24. The zero-order valence-corrected chi connectivity index (χ0v) is 16.0. The number of hydrogen-bond acceptors (Lipinski definition) is 5. The van der Waals surface area contributed by atoms with Gasteiger partial charge in [0.2, 0.25) is 5.91 Å². The van der Waals surface area contributed by atoms with Gasteiger partial charge < -0.3 is 4.52 Å². The van der Waals surface area contributed by atoms with Gasteiger partial charge in [-0.1, -0.05) is 39.0 Å². The van der Waals surface area contributed by atoms with Gasteiger partial charge in [-0.05, 0) is 17.5 Å². The summed E-state index contributed by atoms with van der Waals surface area (Å²) in [6, 6.07) is 8.92. The first kappa shape index (κ1) is 21.0. The predicted molar refractivity (Wildman–Crippen MR) is 95.8 cm³/mol. The fraction of sp³-hybridized carbons (Fsp3) is 0.562. The van der Waals surface area contributed by atoms with E-state index in [0.29, 0.717) is 22.9 Å². The molecule has 0 fully saturated rings.